The molecule has 2 rings (SSSR count). The van der Waals surface area contributed by atoms with E-state index in [0.29, 0.717) is 28.8 Å². The summed E-state index contributed by atoms with van der Waals surface area (Å²) in [5.74, 6) is -0.531. The van der Waals surface area contributed by atoms with Gasteiger partial charge in [0.25, 0.3) is 0 Å². The lowest BCUT2D eigenvalue weighted by molar-refractivity contribution is -0.120. The minimum atomic E-state index is -0.199. The maximum atomic E-state index is 12.8. The number of hydrogen-bond donors (Lipinski definition) is 1. The van der Waals surface area contributed by atoms with Crippen LogP contribution in [0.3, 0.4) is 0 Å². The number of unbranched alkanes of at least 4 members (excludes halogenated alkanes) is 15. The Hall–Kier alpha value is -2.23. The quantitative estimate of drug-likeness (QED) is 0.203. The lowest BCUT2D eigenvalue weighted by Gasteiger charge is -2.18. The molecule has 0 bridgehead atoms. The van der Waals surface area contributed by atoms with Crippen LogP contribution in [-0.4, -0.2) is 24.0 Å². The third kappa shape index (κ3) is 10.5. The molecule has 0 aromatic heterocycles. The first-order valence-corrected chi connectivity index (χ1v) is 14.2. The third-order valence-electron chi connectivity index (χ3n) is 7.17. The van der Waals surface area contributed by atoms with Crippen LogP contribution in [0.2, 0.25) is 0 Å². The first-order valence-electron chi connectivity index (χ1n) is 14.2. The lowest BCUT2D eigenvalue weighted by Crippen LogP contribution is -2.28. The van der Waals surface area contributed by atoms with Crippen molar-refractivity contribution in [1.82, 2.24) is 5.32 Å². The number of carbonyl (C=O) groups excluding carboxylic acids is 3. The van der Waals surface area contributed by atoms with Crippen LogP contribution in [0, 0.1) is 0 Å². The van der Waals surface area contributed by atoms with Gasteiger partial charge in [0, 0.05) is 28.8 Å². The second kappa shape index (κ2) is 17.2. The third-order valence-corrected chi connectivity index (χ3v) is 7.17. The predicted molar refractivity (Wildman–Crippen MR) is 145 cm³/mol. The summed E-state index contributed by atoms with van der Waals surface area (Å²) in [5, 5.41) is 2.92. The second-order valence-corrected chi connectivity index (χ2v) is 10.1. The van der Waals surface area contributed by atoms with Crippen LogP contribution in [0.15, 0.2) is 35.4 Å². The molecular formula is C31H47NO3. The molecule has 4 nitrogen and oxygen atoms in total. The van der Waals surface area contributed by atoms with E-state index in [9.17, 15) is 14.4 Å². The molecule has 0 unspecified atom stereocenters. The summed E-state index contributed by atoms with van der Waals surface area (Å²) >= 11 is 0. The number of ketones is 2. The molecule has 0 fully saturated rings. The Bertz CT molecular complexity index is 839. The number of fused-ring (bicyclic) bond motifs is 1. The van der Waals surface area contributed by atoms with Crippen LogP contribution in [0.25, 0.3) is 0 Å². The van der Waals surface area contributed by atoms with Crippen molar-refractivity contribution >= 4 is 17.5 Å². The Kier molecular flexibility index (Phi) is 14.3. The Morgan fingerprint density at radius 1 is 0.657 bits per heavy atom. The minimum absolute atomic E-state index is 0.0242. The highest BCUT2D eigenvalue weighted by molar-refractivity contribution is 6.27. The summed E-state index contributed by atoms with van der Waals surface area (Å²) in [6, 6.07) is 6.84. The van der Waals surface area contributed by atoms with Crippen molar-refractivity contribution < 1.29 is 14.4 Å². The predicted octanol–water partition coefficient (Wildman–Crippen LogP) is 8.15. The van der Waals surface area contributed by atoms with Crippen molar-refractivity contribution in [3.63, 3.8) is 0 Å². The maximum Gasteiger partial charge on any atom is 0.224 e. The molecule has 1 aromatic carbocycles. The molecule has 1 aliphatic rings. The molecule has 194 valence electrons. The van der Waals surface area contributed by atoms with Crippen LogP contribution < -0.4 is 5.32 Å². The molecule has 1 aromatic rings. The Morgan fingerprint density at radius 3 is 1.57 bits per heavy atom. The highest BCUT2D eigenvalue weighted by Crippen LogP contribution is 2.27. The molecule has 0 heterocycles. The van der Waals surface area contributed by atoms with Crippen LogP contribution >= 0.6 is 0 Å². The Labute approximate surface area is 213 Å². The summed E-state index contributed by atoms with van der Waals surface area (Å²) in [6.45, 7) is 4.55. The molecule has 1 aliphatic carbocycles. The van der Waals surface area contributed by atoms with E-state index >= 15 is 0 Å². The van der Waals surface area contributed by atoms with E-state index in [1.54, 1.807) is 31.2 Å². The van der Waals surface area contributed by atoms with Crippen molar-refractivity contribution in [2.45, 2.75) is 123 Å². The van der Waals surface area contributed by atoms with Crippen molar-refractivity contribution in [1.29, 1.82) is 0 Å². The zero-order valence-corrected chi connectivity index (χ0v) is 22.3. The van der Waals surface area contributed by atoms with Crippen molar-refractivity contribution in [3.05, 3.63) is 46.5 Å². The van der Waals surface area contributed by atoms with Gasteiger partial charge in [0.15, 0.2) is 11.6 Å². The highest BCUT2D eigenvalue weighted by atomic mass is 16.2. The molecular weight excluding hydrogens is 434 g/mol. The number of hydrogen-bond acceptors (Lipinski definition) is 3. The van der Waals surface area contributed by atoms with Gasteiger partial charge in [-0.25, -0.2) is 0 Å². The summed E-state index contributed by atoms with van der Waals surface area (Å²) in [4.78, 5) is 37.7. The van der Waals surface area contributed by atoms with Gasteiger partial charge in [-0.2, -0.15) is 0 Å². The molecule has 4 heteroatoms. The molecule has 1 N–H and O–H groups in total. The fourth-order valence-corrected chi connectivity index (χ4v) is 4.89. The summed E-state index contributed by atoms with van der Waals surface area (Å²) < 4.78 is 0. The number of Topliss-reactive ketones (excluding diaryl/α,β-unsaturated/α-hetero) is 2. The minimum Gasteiger partial charge on any atom is -0.356 e. The largest absolute Gasteiger partial charge is 0.356 e. The van der Waals surface area contributed by atoms with Crippen molar-refractivity contribution in [2.24, 2.45) is 0 Å². The first-order chi connectivity index (χ1) is 17.1. The Morgan fingerprint density at radius 2 is 1.09 bits per heavy atom. The summed E-state index contributed by atoms with van der Waals surface area (Å²) in [6.07, 6.45) is 21.2. The molecule has 0 aliphatic heterocycles. The smallest absolute Gasteiger partial charge is 0.224 e. The van der Waals surface area contributed by atoms with Gasteiger partial charge in [-0.15, -0.1) is 0 Å². The maximum absolute atomic E-state index is 12.8. The summed E-state index contributed by atoms with van der Waals surface area (Å²) in [5.41, 5.74) is 1.57. The van der Waals surface area contributed by atoms with E-state index in [-0.39, 0.29) is 23.9 Å². The number of allylic oxidation sites excluding steroid dienone is 1. The van der Waals surface area contributed by atoms with Gasteiger partial charge >= 0.3 is 0 Å². The van der Waals surface area contributed by atoms with Crippen LogP contribution in [-0.2, 0) is 4.79 Å². The molecule has 0 spiro atoms. The standard InChI is InChI=1S/C31H47NO3/c1-3-4-5-6-7-8-9-10-11-12-13-14-15-16-17-20-23-32-29(33)24-28-25(2)30(34)26-21-18-19-22-27(26)31(28)35/h18-19,21-22H,3-17,20,23-24H2,1-2H3,(H,32,33). The fourth-order valence-electron chi connectivity index (χ4n) is 4.89. The van der Waals surface area contributed by atoms with Crippen LogP contribution in [0.1, 0.15) is 144 Å². The van der Waals surface area contributed by atoms with Gasteiger partial charge in [-0.05, 0) is 13.3 Å². The van der Waals surface area contributed by atoms with Crippen LogP contribution in [0.5, 0.6) is 0 Å². The van der Waals surface area contributed by atoms with E-state index in [2.05, 4.69) is 12.2 Å². The SMILES string of the molecule is CCCCCCCCCCCCCCCCCCNC(=O)CC1=C(C)C(=O)c2ccccc2C1=O. The van der Waals surface area contributed by atoms with Crippen LogP contribution in [0.4, 0.5) is 0 Å². The molecule has 0 saturated carbocycles. The lowest BCUT2D eigenvalue weighted by atomic mass is 9.83. The number of rotatable bonds is 19. The van der Waals surface area contributed by atoms with Crippen molar-refractivity contribution in [2.75, 3.05) is 6.54 Å². The second-order valence-electron chi connectivity index (χ2n) is 10.1. The summed E-state index contributed by atoms with van der Waals surface area (Å²) in [7, 11) is 0. The van der Waals surface area contributed by atoms with Gasteiger partial charge in [0.2, 0.25) is 5.91 Å². The van der Waals surface area contributed by atoms with E-state index in [0.717, 1.165) is 12.8 Å². The van der Waals surface area contributed by atoms with E-state index in [4.69, 9.17) is 0 Å². The van der Waals surface area contributed by atoms with E-state index in [1.165, 1.54) is 89.9 Å². The zero-order valence-electron chi connectivity index (χ0n) is 22.3. The molecule has 0 radical (unpaired) electrons. The van der Waals surface area contributed by atoms with Gasteiger partial charge in [-0.3, -0.25) is 14.4 Å². The zero-order chi connectivity index (χ0) is 25.3. The highest BCUT2D eigenvalue weighted by Gasteiger charge is 2.30. The fraction of sp³-hybridized carbons (Fsp3) is 0.645. The van der Waals surface area contributed by atoms with Gasteiger partial charge in [0.05, 0.1) is 6.42 Å². The number of carbonyl (C=O) groups is 3. The number of benzene rings is 1. The molecule has 1 amide bonds. The monoisotopic (exact) mass is 481 g/mol. The normalized spacial score (nSPS) is 13.3. The topological polar surface area (TPSA) is 63.2 Å². The van der Waals surface area contributed by atoms with E-state index in [1.807, 2.05) is 0 Å². The average molecular weight is 482 g/mol. The van der Waals surface area contributed by atoms with Gasteiger partial charge in [-0.1, -0.05) is 128 Å². The number of amides is 1. The molecule has 0 saturated heterocycles. The van der Waals surface area contributed by atoms with E-state index < -0.39 is 0 Å². The molecule has 0 atom stereocenters. The van der Waals surface area contributed by atoms with Gasteiger partial charge < -0.3 is 5.32 Å². The Balaban J connectivity index is 1.45. The number of nitrogens with one attached hydrogen (secondary N) is 1. The first kappa shape index (κ1) is 29.0. The molecule has 35 heavy (non-hydrogen) atoms. The van der Waals surface area contributed by atoms with Crippen molar-refractivity contribution in [3.8, 4) is 0 Å². The van der Waals surface area contributed by atoms with Gasteiger partial charge in [0.1, 0.15) is 0 Å². The average Bonchev–Trinajstić information content (AvgIpc) is 2.87.